The summed E-state index contributed by atoms with van der Waals surface area (Å²) in [5, 5.41) is 12.9. The highest BCUT2D eigenvalue weighted by Gasteiger charge is 2.13. The first kappa shape index (κ1) is 16.3. The fourth-order valence-corrected chi connectivity index (χ4v) is 2.99. The predicted octanol–water partition coefficient (Wildman–Crippen LogP) is 2.67. The molecule has 3 aromatic rings. The number of phenols is 1. The van der Waals surface area contributed by atoms with Gasteiger partial charge in [-0.15, -0.1) is 0 Å². The zero-order valence-corrected chi connectivity index (χ0v) is 14.0. The number of hydrogen-bond donors (Lipinski definition) is 2. The van der Waals surface area contributed by atoms with Gasteiger partial charge in [-0.3, -0.25) is 0 Å². The minimum absolute atomic E-state index is 0.143. The van der Waals surface area contributed by atoms with Crippen LogP contribution in [-0.2, 0) is 6.54 Å². The molecule has 0 fully saturated rings. The van der Waals surface area contributed by atoms with Crippen LogP contribution in [0.4, 0.5) is 0 Å². The summed E-state index contributed by atoms with van der Waals surface area (Å²) in [5.74, 6) is 0.577. The van der Waals surface area contributed by atoms with Crippen LogP contribution in [-0.4, -0.2) is 11.7 Å². The maximum absolute atomic E-state index is 11.8. The number of aryl methyl sites for hydroxylation is 1. The number of phenolic OH excluding ortho intramolecular Hbond substituents is 1. The topological polar surface area (TPSA) is 67.1 Å². The van der Waals surface area contributed by atoms with E-state index in [4.69, 9.17) is 4.42 Å². The SMILES string of the molecule is Cc1c(O)ccc2c(C[NH2+]C[C@@H](C)c3ccccc3)cc(=O)oc12. The second-order valence-corrected chi connectivity index (χ2v) is 6.22. The second kappa shape index (κ2) is 6.89. The largest absolute Gasteiger partial charge is 0.508 e. The zero-order valence-electron chi connectivity index (χ0n) is 14.0. The van der Waals surface area contributed by atoms with Crippen LogP contribution < -0.4 is 10.9 Å². The number of quaternary nitrogens is 1. The van der Waals surface area contributed by atoms with Crippen LogP contribution in [0.3, 0.4) is 0 Å². The van der Waals surface area contributed by atoms with Crippen molar-refractivity contribution in [1.82, 2.24) is 0 Å². The summed E-state index contributed by atoms with van der Waals surface area (Å²) in [5.41, 5.74) is 2.94. The number of fused-ring (bicyclic) bond motifs is 1. The monoisotopic (exact) mass is 324 g/mol. The average molecular weight is 324 g/mol. The Balaban J connectivity index is 1.78. The molecule has 4 heteroatoms. The van der Waals surface area contributed by atoms with E-state index >= 15 is 0 Å². The summed E-state index contributed by atoms with van der Waals surface area (Å²) in [7, 11) is 0. The molecule has 0 radical (unpaired) electrons. The van der Waals surface area contributed by atoms with E-state index in [0.29, 0.717) is 23.6 Å². The van der Waals surface area contributed by atoms with E-state index < -0.39 is 0 Å². The van der Waals surface area contributed by atoms with E-state index in [1.54, 1.807) is 19.1 Å². The van der Waals surface area contributed by atoms with Gasteiger partial charge in [0.1, 0.15) is 17.9 Å². The van der Waals surface area contributed by atoms with Gasteiger partial charge in [0.05, 0.1) is 6.54 Å². The standard InChI is InChI=1S/C20H21NO3/c1-13(15-6-4-3-5-7-15)11-21-12-16-10-19(23)24-20-14(2)18(22)9-8-17(16)20/h3-10,13,21-22H,11-12H2,1-2H3/p+1/t13-/m1/s1. The van der Waals surface area contributed by atoms with Gasteiger partial charge in [0.25, 0.3) is 0 Å². The van der Waals surface area contributed by atoms with Gasteiger partial charge in [0.15, 0.2) is 0 Å². The van der Waals surface area contributed by atoms with Crippen LogP contribution in [0.1, 0.15) is 29.5 Å². The molecule has 0 aliphatic rings. The lowest BCUT2D eigenvalue weighted by molar-refractivity contribution is -0.672. The quantitative estimate of drug-likeness (QED) is 0.709. The first-order valence-electron chi connectivity index (χ1n) is 8.18. The van der Waals surface area contributed by atoms with E-state index in [9.17, 15) is 9.90 Å². The third kappa shape index (κ3) is 3.34. The van der Waals surface area contributed by atoms with Gasteiger partial charge in [-0.25, -0.2) is 4.79 Å². The lowest BCUT2D eigenvalue weighted by atomic mass is 10.0. The molecular weight excluding hydrogens is 302 g/mol. The summed E-state index contributed by atoms with van der Waals surface area (Å²) in [6.07, 6.45) is 0. The third-order valence-corrected chi connectivity index (χ3v) is 4.47. The van der Waals surface area contributed by atoms with Crippen LogP contribution in [0, 0.1) is 6.92 Å². The average Bonchev–Trinajstić information content (AvgIpc) is 2.59. The minimum Gasteiger partial charge on any atom is -0.508 e. The minimum atomic E-state index is -0.379. The smallest absolute Gasteiger partial charge is 0.336 e. The van der Waals surface area contributed by atoms with Crippen molar-refractivity contribution in [3.05, 3.63) is 75.6 Å². The van der Waals surface area contributed by atoms with Crippen molar-refractivity contribution in [2.24, 2.45) is 0 Å². The summed E-state index contributed by atoms with van der Waals surface area (Å²) >= 11 is 0. The van der Waals surface area contributed by atoms with Crippen molar-refractivity contribution in [2.75, 3.05) is 6.54 Å². The molecule has 0 bridgehead atoms. The van der Waals surface area contributed by atoms with E-state index in [1.807, 2.05) is 12.1 Å². The maximum atomic E-state index is 11.8. The molecule has 3 rings (SSSR count). The molecule has 3 N–H and O–H groups in total. The Kier molecular flexibility index (Phi) is 4.67. The highest BCUT2D eigenvalue weighted by atomic mass is 16.4. The first-order valence-corrected chi connectivity index (χ1v) is 8.18. The van der Waals surface area contributed by atoms with Crippen molar-refractivity contribution in [3.8, 4) is 5.75 Å². The lowest BCUT2D eigenvalue weighted by Crippen LogP contribution is -2.83. The number of hydrogen-bond acceptors (Lipinski definition) is 3. The molecular formula is C20H22NO3+. The molecule has 0 saturated carbocycles. The van der Waals surface area contributed by atoms with E-state index in [2.05, 4.69) is 36.5 Å². The van der Waals surface area contributed by atoms with Gasteiger partial charge < -0.3 is 14.8 Å². The molecule has 1 heterocycles. The van der Waals surface area contributed by atoms with E-state index in [0.717, 1.165) is 17.5 Å². The highest BCUT2D eigenvalue weighted by Crippen LogP contribution is 2.27. The van der Waals surface area contributed by atoms with Crippen molar-refractivity contribution in [3.63, 3.8) is 0 Å². The van der Waals surface area contributed by atoms with E-state index in [1.165, 1.54) is 5.56 Å². The summed E-state index contributed by atoms with van der Waals surface area (Å²) < 4.78 is 5.28. The van der Waals surface area contributed by atoms with Crippen molar-refractivity contribution >= 4 is 11.0 Å². The molecule has 0 spiro atoms. The van der Waals surface area contributed by atoms with Gasteiger partial charge in [-0.05, 0) is 24.6 Å². The Bertz CT molecular complexity index is 900. The van der Waals surface area contributed by atoms with Crippen LogP contribution >= 0.6 is 0 Å². The first-order chi connectivity index (χ1) is 11.6. The summed E-state index contributed by atoms with van der Waals surface area (Å²) in [4.78, 5) is 11.8. The summed E-state index contributed by atoms with van der Waals surface area (Å²) in [6, 6.07) is 15.4. The molecule has 4 nitrogen and oxygen atoms in total. The summed E-state index contributed by atoms with van der Waals surface area (Å²) in [6.45, 7) is 5.59. The molecule has 24 heavy (non-hydrogen) atoms. The molecule has 124 valence electrons. The Hall–Kier alpha value is -2.59. The van der Waals surface area contributed by atoms with Crippen LogP contribution in [0.25, 0.3) is 11.0 Å². The Morgan fingerprint density at radius 2 is 1.92 bits per heavy atom. The molecule has 1 aromatic heterocycles. The van der Waals surface area contributed by atoms with Crippen molar-refractivity contribution < 1.29 is 14.8 Å². The normalized spacial score (nSPS) is 12.4. The molecule has 2 aromatic carbocycles. The number of aromatic hydroxyl groups is 1. The van der Waals surface area contributed by atoms with Gasteiger partial charge in [-0.1, -0.05) is 37.3 Å². The molecule has 0 amide bonds. The highest BCUT2D eigenvalue weighted by molar-refractivity contribution is 5.84. The van der Waals surface area contributed by atoms with Crippen LogP contribution in [0.15, 0.2) is 57.7 Å². The predicted molar refractivity (Wildman–Crippen MR) is 94.2 cm³/mol. The van der Waals surface area contributed by atoms with Crippen molar-refractivity contribution in [2.45, 2.75) is 26.3 Å². The third-order valence-electron chi connectivity index (χ3n) is 4.47. The fraction of sp³-hybridized carbons (Fsp3) is 0.250. The lowest BCUT2D eigenvalue weighted by Gasteiger charge is -2.11. The van der Waals surface area contributed by atoms with Gasteiger partial charge in [0, 0.05) is 28.5 Å². The van der Waals surface area contributed by atoms with Crippen molar-refractivity contribution in [1.29, 1.82) is 0 Å². The molecule has 0 aliphatic carbocycles. The molecule has 0 unspecified atom stereocenters. The zero-order chi connectivity index (χ0) is 17.1. The maximum Gasteiger partial charge on any atom is 0.336 e. The number of nitrogens with two attached hydrogens (primary N) is 1. The van der Waals surface area contributed by atoms with Crippen LogP contribution in [0.2, 0.25) is 0 Å². The van der Waals surface area contributed by atoms with E-state index in [-0.39, 0.29) is 11.4 Å². The van der Waals surface area contributed by atoms with Gasteiger partial charge in [0.2, 0.25) is 0 Å². The Morgan fingerprint density at radius 1 is 1.17 bits per heavy atom. The number of rotatable bonds is 5. The van der Waals surface area contributed by atoms with Crippen LogP contribution in [0.5, 0.6) is 5.75 Å². The number of benzene rings is 2. The molecule has 0 saturated heterocycles. The molecule has 1 atom stereocenters. The second-order valence-electron chi connectivity index (χ2n) is 6.22. The Morgan fingerprint density at radius 3 is 2.67 bits per heavy atom. The fourth-order valence-electron chi connectivity index (χ4n) is 2.99. The van der Waals surface area contributed by atoms with Gasteiger partial charge >= 0.3 is 5.63 Å². The Labute approximate surface area is 140 Å². The van der Waals surface area contributed by atoms with Gasteiger partial charge in [-0.2, -0.15) is 0 Å². The molecule has 0 aliphatic heterocycles.